The Kier molecular flexibility index (Phi) is 7.40. The quantitative estimate of drug-likeness (QED) is 0.356. The first-order valence-corrected chi connectivity index (χ1v) is 11.8. The van der Waals surface area contributed by atoms with Gasteiger partial charge in [-0.2, -0.15) is 0 Å². The van der Waals surface area contributed by atoms with Crippen molar-refractivity contribution in [3.63, 3.8) is 0 Å². The van der Waals surface area contributed by atoms with Crippen LogP contribution in [0.1, 0.15) is 66.4 Å². The van der Waals surface area contributed by atoms with Gasteiger partial charge in [0, 0.05) is 30.6 Å². The van der Waals surface area contributed by atoms with E-state index in [0.717, 1.165) is 17.7 Å². The third-order valence-corrected chi connectivity index (χ3v) is 6.65. The molecule has 1 aliphatic rings. The number of hydrogen-bond donors (Lipinski definition) is 3. The van der Waals surface area contributed by atoms with E-state index < -0.39 is 17.5 Å². The highest BCUT2D eigenvalue weighted by atomic mass is 19.1. The molecule has 1 fully saturated rings. The van der Waals surface area contributed by atoms with E-state index in [4.69, 9.17) is 5.73 Å². The highest BCUT2D eigenvalue weighted by molar-refractivity contribution is 5.98. The minimum Gasteiger partial charge on any atom is -0.380 e. The third kappa shape index (κ3) is 5.90. The number of primary amides is 1. The van der Waals surface area contributed by atoms with E-state index in [1.54, 1.807) is 6.07 Å². The van der Waals surface area contributed by atoms with E-state index in [0.29, 0.717) is 23.0 Å². The average Bonchev–Trinajstić information content (AvgIpc) is 2.83. The number of pyridine rings is 1. The van der Waals surface area contributed by atoms with E-state index >= 15 is 0 Å². The van der Waals surface area contributed by atoms with Crippen molar-refractivity contribution >= 4 is 23.1 Å². The molecule has 1 amide bonds. The van der Waals surface area contributed by atoms with Gasteiger partial charge < -0.3 is 16.4 Å². The molecule has 0 atom stereocenters. The van der Waals surface area contributed by atoms with Gasteiger partial charge in [-0.05, 0) is 72.9 Å². The molecule has 0 unspecified atom stereocenters. The van der Waals surface area contributed by atoms with Crippen LogP contribution in [0.15, 0.2) is 54.7 Å². The van der Waals surface area contributed by atoms with E-state index in [-0.39, 0.29) is 12.1 Å². The molecule has 3 aromatic rings. The lowest BCUT2D eigenvalue weighted by molar-refractivity contribution is 0.100. The summed E-state index contributed by atoms with van der Waals surface area (Å²) in [5.74, 6) is 0.0441. The fourth-order valence-electron chi connectivity index (χ4n) is 4.67. The zero-order valence-corrected chi connectivity index (χ0v) is 19.3. The average molecular weight is 465 g/mol. The molecule has 5 nitrogen and oxygen atoms in total. The summed E-state index contributed by atoms with van der Waals surface area (Å²) in [6.45, 7) is 2.39. The first-order valence-electron chi connectivity index (χ1n) is 11.8. The van der Waals surface area contributed by atoms with Crippen molar-refractivity contribution in [2.75, 3.05) is 10.6 Å². The molecule has 1 aromatic heterocycles. The molecule has 0 bridgehead atoms. The molecule has 1 heterocycles. The number of nitrogens with zero attached hydrogens (tertiary/aromatic N) is 1. The Morgan fingerprint density at radius 1 is 1.03 bits per heavy atom. The van der Waals surface area contributed by atoms with Gasteiger partial charge in [0.2, 0.25) is 0 Å². The summed E-state index contributed by atoms with van der Waals surface area (Å²) in [6, 6.07) is 13.3. The Balaban J connectivity index is 1.45. The smallest absolute Gasteiger partial charge is 0.252 e. The number of halogens is 2. The largest absolute Gasteiger partial charge is 0.380 e. The van der Waals surface area contributed by atoms with Crippen LogP contribution in [0.25, 0.3) is 0 Å². The van der Waals surface area contributed by atoms with Crippen molar-refractivity contribution in [1.82, 2.24) is 4.98 Å². The van der Waals surface area contributed by atoms with Gasteiger partial charge in [0.25, 0.3) is 5.91 Å². The van der Waals surface area contributed by atoms with Gasteiger partial charge in [-0.1, -0.05) is 25.5 Å². The molecule has 4 N–H and O–H groups in total. The van der Waals surface area contributed by atoms with Gasteiger partial charge in [-0.25, -0.2) is 13.8 Å². The number of hydrogen-bond acceptors (Lipinski definition) is 4. The number of anilines is 3. The summed E-state index contributed by atoms with van der Waals surface area (Å²) in [4.78, 5) is 16.1. The first kappa shape index (κ1) is 23.7. The molecule has 0 radical (unpaired) electrons. The highest BCUT2D eigenvalue weighted by Crippen LogP contribution is 2.37. The predicted molar refractivity (Wildman–Crippen MR) is 131 cm³/mol. The zero-order chi connectivity index (χ0) is 24.1. The lowest BCUT2D eigenvalue weighted by Gasteiger charge is -2.28. The molecule has 4 rings (SSSR count). The van der Waals surface area contributed by atoms with Crippen molar-refractivity contribution in [3.05, 3.63) is 83.1 Å². The number of carbonyl (C=O) groups is 1. The lowest BCUT2D eigenvalue weighted by atomic mass is 9.78. The van der Waals surface area contributed by atoms with Crippen molar-refractivity contribution in [1.29, 1.82) is 0 Å². The standard InChI is InChI=1S/C27H30F2N4O/c1-2-17-3-5-19(6-4-17)20-7-9-23(10-8-20)33-26-14-25(24(16-32-26)27(30)34)31-15-18-11-21(28)13-22(29)12-18/h7-14,16-17,19H,2-6,15H2,1H3,(H2,30,34)(H2,31,32,33). The molecule has 34 heavy (non-hydrogen) atoms. The second kappa shape index (κ2) is 10.6. The lowest BCUT2D eigenvalue weighted by Crippen LogP contribution is -2.15. The van der Waals surface area contributed by atoms with Crippen LogP contribution in [-0.4, -0.2) is 10.9 Å². The van der Waals surface area contributed by atoms with Crippen LogP contribution in [0.2, 0.25) is 0 Å². The number of aromatic nitrogens is 1. The fraction of sp³-hybridized carbons (Fsp3) is 0.333. The van der Waals surface area contributed by atoms with E-state index in [1.165, 1.54) is 56.0 Å². The maximum Gasteiger partial charge on any atom is 0.252 e. The number of amides is 1. The second-order valence-corrected chi connectivity index (χ2v) is 8.98. The van der Waals surface area contributed by atoms with Crippen LogP contribution >= 0.6 is 0 Å². The molecule has 7 heteroatoms. The van der Waals surface area contributed by atoms with Crippen molar-refractivity contribution in [2.24, 2.45) is 11.7 Å². The van der Waals surface area contributed by atoms with Gasteiger partial charge in [0.15, 0.2) is 0 Å². The highest BCUT2D eigenvalue weighted by Gasteiger charge is 2.21. The Hall–Kier alpha value is -3.48. The number of rotatable bonds is 8. The molecular formula is C27H30F2N4O. The number of nitrogens with one attached hydrogen (secondary N) is 2. The predicted octanol–water partition coefficient (Wildman–Crippen LogP) is 6.50. The van der Waals surface area contributed by atoms with E-state index in [1.807, 2.05) is 12.1 Å². The van der Waals surface area contributed by atoms with Crippen LogP contribution in [0.4, 0.5) is 26.0 Å². The first-order chi connectivity index (χ1) is 16.4. The van der Waals surface area contributed by atoms with Crippen molar-refractivity contribution < 1.29 is 13.6 Å². The maximum atomic E-state index is 13.5. The zero-order valence-electron chi connectivity index (χ0n) is 19.3. The summed E-state index contributed by atoms with van der Waals surface area (Å²) >= 11 is 0. The summed E-state index contributed by atoms with van der Waals surface area (Å²) < 4.78 is 27.0. The summed E-state index contributed by atoms with van der Waals surface area (Å²) in [6.07, 6.45) is 7.74. The molecule has 178 valence electrons. The molecule has 0 aliphatic heterocycles. The molecule has 0 saturated heterocycles. The van der Waals surface area contributed by atoms with Crippen molar-refractivity contribution in [2.45, 2.75) is 51.5 Å². The molecule has 0 spiro atoms. The number of benzene rings is 2. The summed E-state index contributed by atoms with van der Waals surface area (Å²) in [5, 5.41) is 6.29. The van der Waals surface area contributed by atoms with Gasteiger partial charge in [0.05, 0.1) is 11.3 Å². The normalized spacial score (nSPS) is 17.9. The van der Waals surface area contributed by atoms with Crippen LogP contribution in [-0.2, 0) is 6.54 Å². The summed E-state index contributed by atoms with van der Waals surface area (Å²) in [5.41, 5.74) is 8.75. The molecule has 1 saturated carbocycles. The van der Waals surface area contributed by atoms with Crippen LogP contribution < -0.4 is 16.4 Å². The molecule has 1 aliphatic carbocycles. The Morgan fingerprint density at radius 3 is 2.32 bits per heavy atom. The Bertz CT molecular complexity index is 1120. The van der Waals surface area contributed by atoms with Gasteiger partial charge >= 0.3 is 0 Å². The minimum atomic E-state index is -0.661. The number of nitrogens with two attached hydrogens (primary N) is 1. The van der Waals surface area contributed by atoms with E-state index in [2.05, 4.69) is 34.7 Å². The second-order valence-electron chi connectivity index (χ2n) is 8.98. The van der Waals surface area contributed by atoms with Gasteiger partial charge in [-0.3, -0.25) is 4.79 Å². The monoisotopic (exact) mass is 464 g/mol. The molecular weight excluding hydrogens is 434 g/mol. The SMILES string of the molecule is CCC1CCC(c2ccc(Nc3cc(NCc4cc(F)cc(F)c4)c(C(N)=O)cn3)cc2)CC1. The van der Waals surface area contributed by atoms with Crippen LogP contribution in [0, 0.1) is 17.6 Å². The Morgan fingerprint density at radius 2 is 1.71 bits per heavy atom. The Labute approximate surface area is 198 Å². The summed E-state index contributed by atoms with van der Waals surface area (Å²) in [7, 11) is 0. The van der Waals surface area contributed by atoms with Crippen LogP contribution in [0.3, 0.4) is 0 Å². The van der Waals surface area contributed by atoms with Gasteiger partial charge in [-0.15, -0.1) is 0 Å². The number of carbonyl (C=O) groups excluding carboxylic acids is 1. The van der Waals surface area contributed by atoms with Crippen molar-refractivity contribution in [3.8, 4) is 0 Å². The maximum absolute atomic E-state index is 13.5. The van der Waals surface area contributed by atoms with E-state index in [9.17, 15) is 13.6 Å². The minimum absolute atomic E-state index is 0.118. The fourth-order valence-corrected chi connectivity index (χ4v) is 4.67. The molecule has 2 aromatic carbocycles. The van der Waals surface area contributed by atoms with Crippen LogP contribution in [0.5, 0.6) is 0 Å². The van der Waals surface area contributed by atoms with Gasteiger partial charge in [0.1, 0.15) is 17.5 Å². The third-order valence-electron chi connectivity index (χ3n) is 6.65. The topological polar surface area (TPSA) is 80.0 Å².